The van der Waals surface area contributed by atoms with Gasteiger partial charge in [0.15, 0.2) is 0 Å². The molecular formula is C10H12Cl2N2O. The molecule has 3 N–H and O–H groups in total. The minimum absolute atomic E-state index is 0.165. The van der Waals surface area contributed by atoms with Gasteiger partial charge in [-0.2, -0.15) is 0 Å². The van der Waals surface area contributed by atoms with E-state index in [2.05, 4.69) is 5.32 Å². The minimum Gasteiger partial charge on any atom is -0.352 e. The van der Waals surface area contributed by atoms with E-state index in [0.717, 1.165) is 6.42 Å². The third kappa shape index (κ3) is 3.70. The molecule has 0 bridgehead atoms. The molecular weight excluding hydrogens is 235 g/mol. The van der Waals surface area contributed by atoms with Crippen LogP contribution in [0, 0.1) is 0 Å². The van der Waals surface area contributed by atoms with Gasteiger partial charge < -0.3 is 11.1 Å². The van der Waals surface area contributed by atoms with Crippen LogP contribution in [0.2, 0.25) is 10.0 Å². The molecule has 0 aromatic heterocycles. The van der Waals surface area contributed by atoms with Gasteiger partial charge in [-0.05, 0) is 31.2 Å². The maximum absolute atomic E-state index is 11.5. The Morgan fingerprint density at radius 1 is 1.33 bits per heavy atom. The molecule has 0 atom stereocenters. The first kappa shape index (κ1) is 12.3. The Bertz CT molecular complexity index is 355. The summed E-state index contributed by atoms with van der Waals surface area (Å²) in [5.41, 5.74) is 5.81. The van der Waals surface area contributed by atoms with E-state index in [1.165, 1.54) is 0 Å². The summed E-state index contributed by atoms with van der Waals surface area (Å²) < 4.78 is 0. The van der Waals surface area contributed by atoms with Crippen molar-refractivity contribution in [3.8, 4) is 0 Å². The van der Waals surface area contributed by atoms with E-state index in [0.29, 0.717) is 28.7 Å². The van der Waals surface area contributed by atoms with E-state index >= 15 is 0 Å². The molecule has 15 heavy (non-hydrogen) atoms. The predicted molar refractivity (Wildman–Crippen MR) is 62.5 cm³/mol. The van der Waals surface area contributed by atoms with Gasteiger partial charge in [0, 0.05) is 12.1 Å². The molecule has 0 aliphatic heterocycles. The number of hydrogen-bond donors (Lipinski definition) is 2. The standard InChI is InChI=1S/C10H12Cl2N2O/c11-8-3-2-7(6-9(8)12)10(15)14-5-1-4-13/h2-3,6H,1,4-5,13H2,(H,14,15). The van der Waals surface area contributed by atoms with Gasteiger partial charge in [0.2, 0.25) is 0 Å². The van der Waals surface area contributed by atoms with Crippen molar-refractivity contribution >= 4 is 29.1 Å². The summed E-state index contributed by atoms with van der Waals surface area (Å²) >= 11 is 11.5. The first-order chi connectivity index (χ1) is 7.15. The fraction of sp³-hybridized carbons (Fsp3) is 0.300. The van der Waals surface area contributed by atoms with Crippen LogP contribution in [0.4, 0.5) is 0 Å². The zero-order valence-electron chi connectivity index (χ0n) is 8.09. The quantitative estimate of drug-likeness (QED) is 0.800. The number of halogens is 2. The molecule has 0 heterocycles. The Labute approximate surface area is 98.5 Å². The van der Waals surface area contributed by atoms with Gasteiger partial charge in [0.25, 0.3) is 5.91 Å². The molecule has 1 aromatic carbocycles. The van der Waals surface area contributed by atoms with Crippen molar-refractivity contribution < 1.29 is 4.79 Å². The largest absolute Gasteiger partial charge is 0.352 e. The fourth-order valence-corrected chi connectivity index (χ4v) is 1.34. The lowest BCUT2D eigenvalue weighted by atomic mass is 10.2. The van der Waals surface area contributed by atoms with Crippen LogP contribution in [0.3, 0.4) is 0 Å². The van der Waals surface area contributed by atoms with Crippen LogP contribution in [0.15, 0.2) is 18.2 Å². The van der Waals surface area contributed by atoms with Crippen LogP contribution in [0.1, 0.15) is 16.8 Å². The summed E-state index contributed by atoms with van der Waals surface area (Å²) in [7, 11) is 0. The van der Waals surface area contributed by atoms with Gasteiger partial charge in [0.05, 0.1) is 10.0 Å². The van der Waals surface area contributed by atoms with Gasteiger partial charge in [-0.1, -0.05) is 23.2 Å². The number of nitrogens with two attached hydrogens (primary N) is 1. The van der Waals surface area contributed by atoms with Gasteiger partial charge >= 0.3 is 0 Å². The highest BCUT2D eigenvalue weighted by Gasteiger charge is 2.06. The molecule has 0 aliphatic carbocycles. The average molecular weight is 247 g/mol. The zero-order valence-corrected chi connectivity index (χ0v) is 9.61. The highest BCUT2D eigenvalue weighted by molar-refractivity contribution is 6.42. The maximum atomic E-state index is 11.5. The monoisotopic (exact) mass is 246 g/mol. The molecule has 0 unspecified atom stereocenters. The number of rotatable bonds is 4. The molecule has 0 saturated carbocycles. The summed E-state index contributed by atoms with van der Waals surface area (Å²) in [5, 5.41) is 3.54. The second-order valence-corrected chi connectivity index (χ2v) is 3.84. The molecule has 0 spiro atoms. The van der Waals surface area contributed by atoms with Crippen molar-refractivity contribution in [3.63, 3.8) is 0 Å². The van der Waals surface area contributed by atoms with Crippen LogP contribution in [-0.2, 0) is 0 Å². The molecule has 0 fully saturated rings. The third-order valence-corrected chi connectivity index (χ3v) is 2.59. The lowest BCUT2D eigenvalue weighted by Crippen LogP contribution is -2.25. The SMILES string of the molecule is NCCCNC(=O)c1ccc(Cl)c(Cl)c1. The Hall–Kier alpha value is -0.770. The first-order valence-corrected chi connectivity index (χ1v) is 5.34. The van der Waals surface area contributed by atoms with Crippen LogP contribution < -0.4 is 11.1 Å². The minimum atomic E-state index is -0.165. The maximum Gasteiger partial charge on any atom is 0.251 e. The van der Waals surface area contributed by atoms with E-state index in [-0.39, 0.29) is 5.91 Å². The van der Waals surface area contributed by atoms with Gasteiger partial charge in [-0.25, -0.2) is 0 Å². The normalized spacial score (nSPS) is 10.1. The number of amides is 1. The van der Waals surface area contributed by atoms with Crippen LogP contribution in [0.5, 0.6) is 0 Å². The molecule has 1 amide bonds. The summed E-state index contributed by atoms with van der Waals surface area (Å²) in [6.07, 6.45) is 0.757. The Kier molecular flexibility index (Phi) is 4.88. The number of carbonyl (C=O) groups excluding carboxylic acids is 1. The van der Waals surface area contributed by atoms with Crippen molar-refractivity contribution in [2.75, 3.05) is 13.1 Å². The van der Waals surface area contributed by atoms with E-state index in [1.54, 1.807) is 18.2 Å². The lowest BCUT2D eigenvalue weighted by molar-refractivity contribution is 0.0953. The molecule has 1 rings (SSSR count). The van der Waals surface area contributed by atoms with Gasteiger partial charge in [-0.3, -0.25) is 4.79 Å². The van der Waals surface area contributed by atoms with Crippen LogP contribution in [-0.4, -0.2) is 19.0 Å². The van der Waals surface area contributed by atoms with Crippen LogP contribution in [0.25, 0.3) is 0 Å². The molecule has 1 aromatic rings. The zero-order chi connectivity index (χ0) is 11.3. The van der Waals surface area contributed by atoms with Crippen LogP contribution >= 0.6 is 23.2 Å². The fourth-order valence-electron chi connectivity index (χ4n) is 1.04. The third-order valence-electron chi connectivity index (χ3n) is 1.85. The first-order valence-electron chi connectivity index (χ1n) is 4.58. The number of nitrogens with one attached hydrogen (secondary N) is 1. The number of hydrogen-bond acceptors (Lipinski definition) is 2. The lowest BCUT2D eigenvalue weighted by Gasteiger charge is -2.04. The molecule has 82 valence electrons. The number of benzene rings is 1. The van der Waals surface area contributed by atoms with E-state index < -0.39 is 0 Å². The second kappa shape index (κ2) is 5.95. The molecule has 0 aliphatic rings. The summed E-state index contributed by atoms with van der Waals surface area (Å²) in [4.78, 5) is 11.5. The molecule has 5 heteroatoms. The molecule has 0 radical (unpaired) electrons. The highest BCUT2D eigenvalue weighted by Crippen LogP contribution is 2.22. The van der Waals surface area contributed by atoms with Crippen molar-refractivity contribution in [1.82, 2.24) is 5.32 Å². The van der Waals surface area contributed by atoms with Crippen molar-refractivity contribution in [1.29, 1.82) is 0 Å². The van der Waals surface area contributed by atoms with Gasteiger partial charge in [0.1, 0.15) is 0 Å². The van der Waals surface area contributed by atoms with E-state index in [1.807, 2.05) is 0 Å². The van der Waals surface area contributed by atoms with Gasteiger partial charge in [-0.15, -0.1) is 0 Å². The summed E-state index contributed by atoms with van der Waals surface area (Å²) in [5.74, 6) is -0.165. The summed E-state index contributed by atoms with van der Waals surface area (Å²) in [6.45, 7) is 1.12. The Morgan fingerprint density at radius 3 is 2.67 bits per heavy atom. The number of carbonyl (C=O) groups is 1. The van der Waals surface area contributed by atoms with Crippen molar-refractivity contribution in [2.24, 2.45) is 5.73 Å². The average Bonchev–Trinajstić information content (AvgIpc) is 2.22. The van der Waals surface area contributed by atoms with E-state index in [9.17, 15) is 4.79 Å². The topological polar surface area (TPSA) is 55.1 Å². The smallest absolute Gasteiger partial charge is 0.251 e. The van der Waals surface area contributed by atoms with Crippen molar-refractivity contribution in [3.05, 3.63) is 33.8 Å². The second-order valence-electron chi connectivity index (χ2n) is 3.03. The molecule has 0 saturated heterocycles. The van der Waals surface area contributed by atoms with E-state index in [4.69, 9.17) is 28.9 Å². The molecule has 3 nitrogen and oxygen atoms in total. The highest BCUT2D eigenvalue weighted by atomic mass is 35.5. The summed E-state index contributed by atoms with van der Waals surface area (Å²) in [6, 6.07) is 4.77. The predicted octanol–water partition coefficient (Wildman–Crippen LogP) is 2.07. The van der Waals surface area contributed by atoms with Crippen molar-refractivity contribution in [2.45, 2.75) is 6.42 Å². The Morgan fingerprint density at radius 2 is 2.07 bits per heavy atom. The Balaban J connectivity index is 2.62.